The lowest BCUT2D eigenvalue weighted by Gasteiger charge is -2.25. The fourth-order valence-corrected chi connectivity index (χ4v) is 5.65. The van der Waals surface area contributed by atoms with Gasteiger partial charge in [-0.1, -0.05) is 19.8 Å². The summed E-state index contributed by atoms with van der Waals surface area (Å²) in [5, 5.41) is 6.52. The van der Waals surface area contributed by atoms with Gasteiger partial charge in [0.15, 0.2) is 5.96 Å². The Morgan fingerprint density at radius 2 is 1.92 bits per heavy atom. The SMILES string of the molecule is CCCCNC(=NCc1ccc(S(=O)(=O)N2CCCCC2)s1)NCC.I. The van der Waals surface area contributed by atoms with Crippen molar-refractivity contribution < 1.29 is 8.42 Å². The van der Waals surface area contributed by atoms with Crippen LogP contribution >= 0.6 is 35.3 Å². The number of halogens is 1. The number of aliphatic imine (C=N–C) groups is 1. The second-order valence-electron chi connectivity index (χ2n) is 6.16. The molecule has 1 aliphatic rings. The maximum atomic E-state index is 12.7. The minimum Gasteiger partial charge on any atom is -0.357 e. The van der Waals surface area contributed by atoms with Gasteiger partial charge in [-0.2, -0.15) is 4.31 Å². The molecule has 0 radical (unpaired) electrons. The second-order valence-corrected chi connectivity index (χ2v) is 9.49. The van der Waals surface area contributed by atoms with Crippen LogP contribution in [0.1, 0.15) is 50.8 Å². The molecule has 0 aromatic carbocycles. The van der Waals surface area contributed by atoms with Gasteiger partial charge in [-0.05, 0) is 38.3 Å². The number of nitrogens with zero attached hydrogens (tertiary/aromatic N) is 2. The van der Waals surface area contributed by atoms with Crippen molar-refractivity contribution in [2.24, 2.45) is 4.99 Å². The van der Waals surface area contributed by atoms with Crippen molar-refractivity contribution in [3.05, 3.63) is 17.0 Å². The normalized spacial score (nSPS) is 16.2. The maximum absolute atomic E-state index is 12.7. The molecule has 2 N–H and O–H groups in total. The molecule has 0 amide bonds. The van der Waals surface area contributed by atoms with E-state index in [0.29, 0.717) is 23.8 Å². The topological polar surface area (TPSA) is 73.8 Å². The Hall–Kier alpha value is -0.390. The molecule has 9 heteroatoms. The molecule has 0 unspecified atom stereocenters. The molecule has 0 saturated carbocycles. The number of hydrogen-bond acceptors (Lipinski definition) is 4. The van der Waals surface area contributed by atoms with E-state index in [2.05, 4.69) is 22.5 Å². The highest BCUT2D eigenvalue weighted by Gasteiger charge is 2.27. The van der Waals surface area contributed by atoms with Crippen LogP contribution in [-0.4, -0.2) is 44.9 Å². The van der Waals surface area contributed by atoms with Gasteiger partial charge in [-0.25, -0.2) is 13.4 Å². The molecule has 2 rings (SSSR count). The Labute approximate surface area is 178 Å². The zero-order chi connectivity index (χ0) is 18.1. The summed E-state index contributed by atoms with van der Waals surface area (Å²) in [6.07, 6.45) is 5.26. The number of piperidine rings is 1. The van der Waals surface area contributed by atoms with Gasteiger partial charge in [0.05, 0.1) is 6.54 Å². The van der Waals surface area contributed by atoms with Gasteiger partial charge in [0.25, 0.3) is 10.0 Å². The summed E-state index contributed by atoms with van der Waals surface area (Å²) in [6, 6.07) is 3.59. The van der Waals surface area contributed by atoms with E-state index < -0.39 is 10.0 Å². The molecule has 1 aromatic heterocycles. The highest BCUT2D eigenvalue weighted by molar-refractivity contribution is 14.0. The van der Waals surface area contributed by atoms with Crippen LogP contribution in [0.5, 0.6) is 0 Å². The molecule has 1 aliphatic heterocycles. The Bertz CT molecular complexity index is 655. The van der Waals surface area contributed by atoms with Crippen molar-refractivity contribution in [1.82, 2.24) is 14.9 Å². The van der Waals surface area contributed by atoms with Crippen LogP contribution in [-0.2, 0) is 16.6 Å². The predicted octanol–water partition coefficient (Wildman–Crippen LogP) is 3.40. The standard InChI is InChI=1S/C17H30N4O2S2.HI/c1-3-5-11-19-17(18-4-2)20-14-15-9-10-16(24-15)25(22,23)21-12-7-6-8-13-21;/h9-10H,3-8,11-14H2,1-2H3,(H2,18,19,20);1H. The van der Waals surface area contributed by atoms with Crippen LogP contribution in [0.15, 0.2) is 21.3 Å². The third-order valence-corrected chi connectivity index (χ3v) is 7.54. The van der Waals surface area contributed by atoms with Gasteiger partial charge in [-0.15, -0.1) is 35.3 Å². The molecule has 1 fully saturated rings. The van der Waals surface area contributed by atoms with Crippen molar-refractivity contribution in [3.63, 3.8) is 0 Å². The average molecular weight is 514 g/mol. The Balaban J connectivity index is 0.00000338. The van der Waals surface area contributed by atoms with E-state index in [9.17, 15) is 8.42 Å². The Morgan fingerprint density at radius 3 is 2.58 bits per heavy atom. The summed E-state index contributed by atoms with van der Waals surface area (Å²) in [5.74, 6) is 0.782. The number of nitrogens with one attached hydrogen (secondary N) is 2. The number of thiophene rings is 1. The molecule has 26 heavy (non-hydrogen) atoms. The molecule has 150 valence electrons. The van der Waals surface area contributed by atoms with Gasteiger partial charge in [-0.3, -0.25) is 0 Å². The molecule has 0 aliphatic carbocycles. The molecule has 1 saturated heterocycles. The first kappa shape index (κ1) is 23.6. The van der Waals surface area contributed by atoms with E-state index in [-0.39, 0.29) is 24.0 Å². The summed E-state index contributed by atoms with van der Waals surface area (Å²) in [7, 11) is -3.34. The fourth-order valence-electron chi connectivity index (χ4n) is 2.70. The van der Waals surface area contributed by atoms with Crippen molar-refractivity contribution in [1.29, 1.82) is 0 Å². The molecule has 0 spiro atoms. The first-order valence-corrected chi connectivity index (χ1v) is 11.4. The van der Waals surface area contributed by atoms with Crippen molar-refractivity contribution >= 4 is 51.3 Å². The first-order chi connectivity index (χ1) is 12.1. The van der Waals surface area contributed by atoms with E-state index in [1.807, 2.05) is 13.0 Å². The molecule has 0 bridgehead atoms. The predicted molar refractivity (Wildman–Crippen MR) is 120 cm³/mol. The van der Waals surface area contributed by atoms with Gasteiger partial charge in [0.1, 0.15) is 4.21 Å². The number of guanidine groups is 1. The Kier molecular flexibility index (Phi) is 11.0. The van der Waals surface area contributed by atoms with E-state index in [4.69, 9.17) is 0 Å². The van der Waals surface area contributed by atoms with Crippen LogP contribution < -0.4 is 10.6 Å². The summed E-state index contributed by atoms with van der Waals surface area (Å²) < 4.78 is 27.4. The minimum absolute atomic E-state index is 0. The molecular weight excluding hydrogens is 483 g/mol. The lowest BCUT2D eigenvalue weighted by molar-refractivity contribution is 0.347. The van der Waals surface area contributed by atoms with E-state index in [1.54, 1.807) is 10.4 Å². The fraction of sp³-hybridized carbons (Fsp3) is 0.706. The number of unbranched alkanes of at least 4 members (excludes halogenated alkanes) is 1. The van der Waals surface area contributed by atoms with Gasteiger partial charge in [0, 0.05) is 31.1 Å². The molecule has 6 nitrogen and oxygen atoms in total. The van der Waals surface area contributed by atoms with E-state index in [1.165, 1.54) is 11.3 Å². The zero-order valence-electron chi connectivity index (χ0n) is 15.7. The highest BCUT2D eigenvalue weighted by Crippen LogP contribution is 2.27. The van der Waals surface area contributed by atoms with Crippen LogP contribution in [0.25, 0.3) is 0 Å². The van der Waals surface area contributed by atoms with Crippen LogP contribution in [0.2, 0.25) is 0 Å². The van der Waals surface area contributed by atoms with Gasteiger partial charge >= 0.3 is 0 Å². The smallest absolute Gasteiger partial charge is 0.252 e. The van der Waals surface area contributed by atoms with Gasteiger partial charge in [0.2, 0.25) is 0 Å². The minimum atomic E-state index is -3.34. The summed E-state index contributed by atoms with van der Waals surface area (Å²) in [5.41, 5.74) is 0. The molecule has 2 heterocycles. The van der Waals surface area contributed by atoms with Crippen molar-refractivity contribution in [3.8, 4) is 0 Å². The molecular formula is C17H31IN4O2S2. The zero-order valence-corrected chi connectivity index (χ0v) is 19.6. The first-order valence-electron chi connectivity index (χ1n) is 9.19. The van der Waals surface area contributed by atoms with Crippen LogP contribution in [0, 0.1) is 0 Å². The number of rotatable bonds is 8. The van der Waals surface area contributed by atoms with Crippen LogP contribution in [0.3, 0.4) is 0 Å². The third kappa shape index (κ3) is 6.97. The summed E-state index contributed by atoms with van der Waals surface area (Å²) in [4.78, 5) is 5.52. The monoisotopic (exact) mass is 514 g/mol. The third-order valence-electron chi connectivity index (χ3n) is 4.11. The van der Waals surface area contributed by atoms with Crippen molar-refractivity contribution in [2.75, 3.05) is 26.2 Å². The maximum Gasteiger partial charge on any atom is 0.252 e. The molecule has 0 atom stereocenters. The molecule has 1 aromatic rings. The summed E-state index contributed by atoms with van der Waals surface area (Å²) in [6.45, 7) is 7.65. The summed E-state index contributed by atoms with van der Waals surface area (Å²) >= 11 is 1.33. The van der Waals surface area contributed by atoms with E-state index in [0.717, 1.165) is 56.0 Å². The van der Waals surface area contributed by atoms with Crippen LogP contribution in [0.4, 0.5) is 0 Å². The Morgan fingerprint density at radius 1 is 1.19 bits per heavy atom. The van der Waals surface area contributed by atoms with Crippen molar-refractivity contribution in [2.45, 2.75) is 56.7 Å². The van der Waals surface area contributed by atoms with Gasteiger partial charge < -0.3 is 10.6 Å². The lowest BCUT2D eigenvalue weighted by Crippen LogP contribution is -2.37. The number of sulfonamides is 1. The highest BCUT2D eigenvalue weighted by atomic mass is 127. The largest absolute Gasteiger partial charge is 0.357 e. The number of hydrogen-bond donors (Lipinski definition) is 2. The second kappa shape index (κ2) is 12.1. The lowest BCUT2D eigenvalue weighted by atomic mass is 10.2. The van der Waals surface area contributed by atoms with E-state index >= 15 is 0 Å². The average Bonchev–Trinajstić information content (AvgIpc) is 3.10. The quantitative estimate of drug-likeness (QED) is 0.242.